The molecule has 0 fully saturated rings. The lowest BCUT2D eigenvalue weighted by atomic mass is 10.0. The summed E-state index contributed by atoms with van der Waals surface area (Å²) in [5, 5.41) is 3.45. The van der Waals surface area contributed by atoms with E-state index in [1.165, 1.54) is 12.1 Å². The third-order valence-corrected chi connectivity index (χ3v) is 3.36. The molecule has 4 heteroatoms. The summed E-state index contributed by atoms with van der Waals surface area (Å²) in [6.45, 7) is 3.05. The summed E-state index contributed by atoms with van der Waals surface area (Å²) in [5.41, 5.74) is 1.09. The summed E-state index contributed by atoms with van der Waals surface area (Å²) in [5.74, 6) is 0.687. The molecule has 0 saturated carbocycles. The van der Waals surface area contributed by atoms with Crippen molar-refractivity contribution in [2.24, 2.45) is 0 Å². The molecule has 1 unspecified atom stereocenters. The first-order valence-electron chi connectivity index (χ1n) is 6.42. The Labute approximate surface area is 121 Å². The predicted molar refractivity (Wildman–Crippen MR) is 77.5 cm³/mol. The molecule has 1 heterocycles. The Bertz CT molecular complexity index is 509. The maximum Gasteiger partial charge on any atom is 0.169 e. The van der Waals surface area contributed by atoms with Crippen LogP contribution in [0, 0.1) is 5.82 Å². The van der Waals surface area contributed by atoms with E-state index in [9.17, 15) is 4.39 Å². The molecule has 1 aromatic carbocycles. The molecule has 1 atom stereocenters. The molecular formula is C15H17BrFNO. The van der Waals surface area contributed by atoms with Crippen LogP contribution in [-0.4, -0.2) is 6.54 Å². The van der Waals surface area contributed by atoms with E-state index in [0.29, 0.717) is 0 Å². The number of furan rings is 1. The summed E-state index contributed by atoms with van der Waals surface area (Å²) in [7, 11) is 0. The van der Waals surface area contributed by atoms with E-state index < -0.39 is 0 Å². The first kappa shape index (κ1) is 14.3. The zero-order valence-electron chi connectivity index (χ0n) is 10.8. The zero-order chi connectivity index (χ0) is 13.7. The van der Waals surface area contributed by atoms with Gasteiger partial charge >= 0.3 is 0 Å². The largest absolute Gasteiger partial charge is 0.453 e. The number of halogens is 2. The number of hydrogen-bond donors (Lipinski definition) is 1. The van der Waals surface area contributed by atoms with Crippen molar-refractivity contribution in [3.63, 3.8) is 0 Å². The Morgan fingerprint density at radius 1 is 1.21 bits per heavy atom. The highest BCUT2D eigenvalue weighted by molar-refractivity contribution is 9.10. The second kappa shape index (κ2) is 6.87. The average molecular weight is 326 g/mol. The summed E-state index contributed by atoms with van der Waals surface area (Å²) in [4.78, 5) is 0. The van der Waals surface area contributed by atoms with Crippen LogP contribution in [0.4, 0.5) is 4.39 Å². The number of rotatable bonds is 6. The van der Waals surface area contributed by atoms with Crippen molar-refractivity contribution in [1.82, 2.24) is 5.32 Å². The van der Waals surface area contributed by atoms with Crippen LogP contribution in [0.3, 0.4) is 0 Å². The van der Waals surface area contributed by atoms with Crippen molar-refractivity contribution >= 4 is 15.9 Å². The maximum atomic E-state index is 12.9. The van der Waals surface area contributed by atoms with Gasteiger partial charge in [0.25, 0.3) is 0 Å². The standard InChI is InChI=1S/C15H17BrFNO/c1-2-9-18-13(14-7-8-15(16)19-14)10-11-3-5-12(17)6-4-11/h3-8,13,18H,2,9-10H2,1H3. The van der Waals surface area contributed by atoms with Crippen molar-refractivity contribution in [1.29, 1.82) is 0 Å². The van der Waals surface area contributed by atoms with Gasteiger partial charge in [-0.1, -0.05) is 19.1 Å². The van der Waals surface area contributed by atoms with E-state index in [1.807, 2.05) is 24.3 Å². The van der Waals surface area contributed by atoms with Crippen LogP contribution in [0.25, 0.3) is 0 Å². The molecule has 0 aliphatic heterocycles. The number of nitrogens with one attached hydrogen (secondary N) is 1. The van der Waals surface area contributed by atoms with Crippen LogP contribution in [0.2, 0.25) is 0 Å². The van der Waals surface area contributed by atoms with Crippen LogP contribution >= 0.6 is 15.9 Å². The van der Waals surface area contributed by atoms with Crippen molar-refractivity contribution in [2.45, 2.75) is 25.8 Å². The highest BCUT2D eigenvalue weighted by Crippen LogP contribution is 2.23. The van der Waals surface area contributed by atoms with Gasteiger partial charge in [0.1, 0.15) is 11.6 Å². The summed E-state index contributed by atoms with van der Waals surface area (Å²) in [6, 6.07) is 10.6. The third-order valence-electron chi connectivity index (χ3n) is 2.93. The molecule has 0 aliphatic carbocycles. The van der Waals surface area contributed by atoms with Gasteiger partial charge in [-0.15, -0.1) is 0 Å². The lowest BCUT2D eigenvalue weighted by Crippen LogP contribution is -2.23. The first-order chi connectivity index (χ1) is 9.19. The molecule has 2 aromatic rings. The van der Waals surface area contributed by atoms with E-state index in [4.69, 9.17) is 4.42 Å². The first-order valence-corrected chi connectivity index (χ1v) is 7.21. The van der Waals surface area contributed by atoms with E-state index in [2.05, 4.69) is 28.2 Å². The maximum absolute atomic E-state index is 12.9. The monoisotopic (exact) mass is 325 g/mol. The fourth-order valence-corrected chi connectivity index (χ4v) is 2.28. The van der Waals surface area contributed by atoms with E-state index >= 15 is 0 Å². The normalized spacial score (nSPS) is 12.6. The molecule has 0 spiro atoms. The molecule has 0 radical (unpaired) electrons. The molecule has 0 saturated heterocycles. The molecule has 19 heavy (non-hydrogen) atoms. The van der Waals surface area contributed by atoms with E-state index in [0.717, 1.165) is 35.4 Å². The Kier molecular flexibility index (Phi) is 5.16. The minimum atomic E-state index is -0.206. The van der Waals surface area contributed by atoms with Gasteiger partial charge in [0.05, 0.1) is 6.04 Å². The van der Waals surface area contributed by atoms with Crippen LogP contribution in [0.15, 0.2) is 45.5 Å². The van der Waals surface area contributed by atoms with Gasteiger partial charge in [-0.2, -0.15) is 0 Å². The molecule has 1 aromatic heterocycles. The lowest BCUT2D eigenvalue weighted by molar-refractivity contribution is 0.400. The van der Waals surface area contributed by atoms with Gasteiger partial charge in [0.2, 0.25) is 0 Å². The van der Waals surface area contributed by atoms with E-state index in [-0.39, 0.29) is 11.9 Å². The van der Waals surface area contributed by atoms with Crippen molar-refractivity contribution in [2.75, 3.05) is 6.54 Å². The van der Waals surface area contributed by atoms with Gasteiger partial charge in [-0.25, -0.2) is 4.39 Å². The fourth-order valence-electron chi connectivity index (χ4n) is 1.96. The van der Waals surface area contributed by atoms with Gasteiger partial charge in [0.15, 0.2) is 4.67 Å². The molecule has 102 valence electrons. The Morgan fingerprint density at radius 3 is 2.53 bits per heavy atom. The molecule has 2 rings (SSSR count). The molecule has 1 N–H and O–H groups in total. The highest BCUT2D eigenvalue weighted by Gasteiger charge is 2.15. The SMILES string of the molecule is CCCNC(Cc1ccc(F)cc1)c1ccc(Br)o1. The predicted octanol–water partition coefficient (Wildman–Crippen LogP) is 4.46. The Hall–Kier alpha value is -1.13. The zero-order valence-corrected chi connectivity index (χ0v) is 12.4. The Balaban J connectivity index is 2.11. The molecular weight excluding hydrogens is 309 g/mol. The fraction of sp³-hybridized carbons (Fsp3) is 0.333. The molecule has 0 bridgehead atoms. The van der Waals surface area contributed by atoms with Gasteiger partial charge in [-0.3, -0.25) is 0 Å². The minimum absolute atomic E-state index is 0.108. The van der Waals surface area contributed by atoms with Crippen molar-refractivity contribution < 1.29 is 8.81 Å². The summed E-state index contributed by atoms with van der Waals surface area (Å²) < 4.78 is 19.3. The van der Waals surface area contributed by atoms with Gasteiger partial charge in [-0.05, 0) is 65.1 Å². The van der Waals surface area contributed by atoms with Crippen LogP contribution < -0.4 is 5.32 Å². The minimum Gasteiger partial charge on any atom is -0.453 e. The smallest absolute Gasteiger partial charge is 0.169 e. The Morgan fingerprint density at radius 2 is 1.95 bits per heavy atom. The average Bonchev–Trinajstić information content (AvgIpc) is 2.83. The second-order valence-electron chi connectivity index (χ2n) is 4.48. The molecule has 0 aliphatic rings. The summed E-state index contributed by atoms with van der Waals surface area (Å²) >= 11 is 3.32. The van der Waals surface area contributed by atoms with Crippen molar-refractivity contribution in [3.8, 4) is 0 Å². The molecule has 2 nitrogen and oxygen atoms in total. The highest BCUT2D eigenvalue weighted by atomic mass is 79.9. The van der Waals surface area contributed by atoms with Crippen LogP contribution in [0.5, 0.6) is 0 Å². The van der Waals surface area contributed by atoms with Gasteiger partial charge < -0.3 is 9.73 Å². The topological polar surface area (TPSA) is 25.2 Å². The summed E-state index contributed by atoms with van der Waals surface area (Å²) in [6.07, 6.45) is 1.84. The number of hydrogen-bond acceptors (Lipinski definition) is 2. The third kappa shape index (κ3) is 4.18. The number of benzene rings is 1. The van der Waals surface area contributed by atoms with E-state index in [1.54, 1.807) is 0 Å². The molecule has 0 amide bonds. The van der Waals surface area contributed by atoms with Crippen LogP contribution in [-0.2, 0) is 6.42 Å². The van der Waals surface area contributed by atoms with Crippen LogP contribution in [0.1, 0.15) is 30.7 Å². The second-order valence-corrected chi connectivity index (χ2v) is 5.26. The quantitative estimate of drug-likeness (QED) is 0.847. The van der Waals surface area contributed by atoms with Crippen molar-refractivity contribution in [3.05, 3.63) is 58.2 Å². The van der Waals surface area contributed by atoms with Gasteiger partial charge in [0, 0.05) is 0 Å². The lowest BCUT2D eigenvalue weighted by Gasteiger charge is -2.16.